The van der Waals surface area contributed by atoms with E-state index in [1.165, 1.54) is 0 Å². The second-order valence-corrected chi connectivity index (χ2v) is 6.30. The van der Waals surface area contributed by atoms with Crippen molar-refractivity contribution in [2.24, 2.45) is 0 Å². The number of ketones is 1. The Hall–Kier alpha value is -2.26. The fourth-order valence-electron chi connectivity index (χ4n) is 3.16. The minimum Gasteiger partial charge on any atom is -0.454 e. The van der Waals surface area contributed by atoms with Crippen LogP contribution in [0.5, 0.6) is 11.5 Å². The van der Waals surface area contributed by atoms with Crippen LogP contribution in [0.1, 0.15) is 29.9 Å². The molecule has 2 aromatic carbocycles. The molecular weight excluding hydrogens is 312 g/mol. The first-order chi connectivity index (χ1) is 11.2. The van der Waals surface area contributed by atoms with Gasteiger partial charge in [0, 0.05) is 11.4 Å². The largest absolute Gasteiger partial charge is 0.454 e. The number of carbonyl (C=O) groups excluding carboxylic acids is 1. The zero-order valence-corrected chi connectivity index (χ0v) is 13.2. The first kappa shape index (κ1) is 14.3. The Kier molecular flexibility index (Phi) is 3.58. The summed E-state index contributed by atoms with van der Waals surface area (Å²) in [6.45, 7) is 0.254. The molecule has 1 aliphatic heterocycles. The third kappa shape index (κ3) is 2.84. The summed E-state index contributed by atoms with van der Waals surface area (Å²) in [4.78, 5) is 12.2. The van der Waals surface area contributed by atoms with Crippen LogP contribution in [0.4, 0.5) is 0 Å². The average molecular weight is 327 g/mol. The first-order valence-corrected chi connectivity index (χ1v) is 7.96. The zero-order chi connectivity index (χ0) is 15.8. The van der Waals surface area contributed by atoms with Crippen molar-refractivity contribution in [3.05, 3.63) is 64.7 Å². The van der Waals surface area contributed by atoms with Crippen molar-refractivity contribution >= 4 is 23.0 Å². The number of halogens is 1. The normalized spacial score (nSPS) is 19.6. The molecule has 116 valence electrons. The van der Waals surface area contributed by atoms with Crippen LogP contribution in [0.15, 0.2) is 48.5 Å². The van der Waals surface area contributed by atoms with Gasteiger partial charge in [0.05, 0.1) is 0 Å². The van der Waals surface area contributed by atoms with E-state index < -0.39 is 0 Å². The SMILES string of the molecule is O=C1C=C(c2ccc3c(c2)OCO3)C[C@@H](c2ccc(Cl)cc2)C1. The molecule has 3 nitrogen and oxygen atoms in total. The number of ether oxygens (including phenoxy) is 2. The molecule has 0 radical (unpaired) electrons. The van der Waals surface area contributed by atoms with Crippen molar-refractivity contribution in [3.8, 4) is 11.5 Å². The van der Waals surface area contributed by atoms with E-state index in [0.717, 1.165) is 34.6 Å². The Morgan fingerprint density at radius 1 is 0.957 bits per heavy atom. The van der Waals surface area contributed by atoms with Gasteiger partial charge in [0.25, 0.3) is 0 Å². The first-order valence-electron chi connectivity index (χ1n) is 7.58. The van der Waals surface area contributed by atoms with Gasteiger partial charge in [-0.2, -0.15) is 0 Å². The lowest BCUT2D eigenvalue weighted by Gasteiger charge is -2.23. The minimum absolute atomic E-state index is 0.156. The molecule has 0 saturated heterocycles. The molecule has 23 heavy (non-hydrogen) atoms. The van der Waals surface area contributed by atoms with E-state index in [0.29, 0.717) is 11.4 Å². The number of hydrogen-bond acceptors (Lipinski definition) is 3. The van der Waals surface area contributed by atoms with Gasteiger partial charge in [0.1, 0.15) is 0 Å². The second kappa shape index (κ2) is 5.74. The third-order valence-corrected chi connectivity index (χ3v) is 4.59. The quantitative estimate of drug-likeness (QED) is 0.809. The highest BCUT2D eigenvalue weighted by Gasteiger charge is 2.24. The van der Waals surface area contributed by atoms with Crippen LogP contribution in [0.25, 0.3) is 5.57 Å². The highest BCUT2D eigenvalue weighted by atomic mass is 35.5. The van der Waals surface area contributed by atoms with Gasteiger partial charge in [-0.25, -0.2) is 0 Å². The summed E-state index contributed by atoms with van der Waals surface area (Å²) in [5, 5.41) is 0.711. The number of hydrogen-bond donors (Lipinski definition) is 0. The van der Waals surface area contributed by atoms with Crippen LogP contribution in [0.3, 0.4) is 0 Å². The summed E-state index contributed by atoms with van der Waals surface area (Å²) in [5.74, 6) is 1.84. The summed E-state index contributed by atoms with van der Waals surface area (Å²) in [6, 6.07) is 13.6. The predicted molar refractivity (Wildman–Crippen MR) is 89.0 cm³/mol. The lowest BCUT2D eigenvalue weighted by atomic mass is 9.81. The summed E-state index contributed by atoms with van der Waals surface area (Å²) >= 11 is 5.95. The molecule has 0 aromatic heterocycles. The fourth-order valence-corrected chi connectivity index (χ4v) is 3.29. The van der Waals surface area contributed by atoms with Crippen LogP contribution >= 0.6 is 11.6 Å². The molecule has 0 amide bonds. The van der Waals surface area contributed by atoms with E-state index in [9.17, 15) is 4.79 Å². The van der Waals surface area contributed by atoms with Crippen LogP contribution in [-0.2, 0) is 4.79 Å². The smallest absolute Gasteiger partial charge is 0.231 e. The standard InChI is InChI=1S/C19H15ClO3/c20-16-4-1-12(2-5-16)14-7-15(9-17(21)8-14)13-3-6-18-19(10-13)23-11-22-18/h1-6,9-10,14H,7-8,11H2/t14-/m1/s1. The van der Waals surface area contributed by atoms with Crippen LogP contribution in [0.2, 0.25) is 5.02 Å². The van der Waals surface area contributed by atoms with E-state index in [1.54, 1.807) is 6.08 Å². The Bertz CT molecular complexity index is 793. The maximum Gasteiger partial charge on any atom is 0.231 e. The second-order valence-electron chi connectivity index (χ2n) is 5.86. The van der Waals surface area contributed by atoms with Gasteiger partial charge in [0.15, 0.2) is 17.3 Å². The topological polar surface area (TPSA) is 35.5 Å². The summed E-state index contributed by atoms with van der Waals surface area (Å²) in [7, 11) is 0. The number of allylic oxidation sites excluding steroid dienone is 2. The highest BCUT2D eigenvalue weighted by molar-refractivity contribution is 6.30. The van der Waals surface area contributed by atoms with Crippen LogP contribution in [-0.4, -0.2) is 12.6 Å². The summed E-state index contributed by atoms with van der Waals surface area (Å²) in [5.41, 5.74) is 3.20. The van der Waals surface area contributed by atoms with Crippen molar-refractivity contribution in [1.29, 1.82) is 0 Å². The molecule has 4 heteroatoms. The molecule has 0 bridgehead atoms. The minimum atomic E-state index is 0.156. The van der Waals surface area contributed by atoms with Crippen molar-refractivity contribution in [3.63, 3.8) is 0 Å². The van der Waals surface area contributed by atoms with E-state index in [1.807, 2.05) is 42.5 Å². The van der Waals surface area contributed by atoms with E-state index >= 15 is 0 Å². The predicted octanol–water partition coefficient (Wildman–Crippen LogP) is 4.60. The molecule has 1 heterocycles. The van der Waals surface area contributed by atoms with Gasteiger partial charge in [-0.05, 0) is 59.4 Å². The number of carbonyl (C=O) groups is 1. The molecule has 0 fully saturated rings. The lowest BCUT2D eigenvalue weighted by Crippen LogP contribution is -2.12. The molecule has 1 atom stereocenters. The molecule has 0 N–H and O–H groups in total. The Morgan fingerprint density at radius 2 is 1.74 bits per heavy atom. The van der Waals surface area contributed by atoms with Gasteiger partial charge < -0.3 is 9.47 Å². The number of benzene rings is 2. The fraction of sp³-hybridized carbons (Fsp3) is 0.211. The lowest BCUT2D eigenvalue weighted by molar-refractivity contribution is -0.115. The van der Waals surface area contributed by atoms with Gasteiger partial charge >= 0.3 is 0 Å². The Morgan fingerprint density at radius 3 is 2.57 bits per heavy atom. The molecule has 0 spiro atoms. The molecule has 0 unspecified atom stereocenters. The van der Waals surface area contributed by atoms with Crippen LogP contribution < -0.4 is 9.47 Å². The maximum absolute atomic E-state index is 12.2. The molecule has 1 aliphatic carbocycles. The Labute approximate surface area is 139 Å². The summed E-state index contributed by atoms with van der Waals surface area (Å²) < 4.78 is 10.8. The molecule has 4 rings (SSSR count). The molecule has 2 aromatic rings. The monoisotopic (exact) mass is 326 g/mol. The third-order valence-electron chi connectivity index (χ3n) is 4.33. The average Bonchev–Trinajstić information content (AvgIpc) is 3.02. The molecule has 2 aliphatic rings. The maximum atomic E-state index is 12.2. The van der Waals surface area contributed by atoms with Gasteiger partial charge in [0.2, 0.25) is 6.79 Å². The van der Waals surface area contributed by atoms with E-state index in [2.05, 4.69) is 0 Å². The molecule has 0 saturated carbocycles. The number of fused-ring (bicyclic) bond motifs is 1. The van der Waals surface area contributed by atoms with Gasteiger partial charge in [-0.15, -0.1) is 0 Å². The zero-order valence-electron chi connectivity index (χ0n) is 12.4. The van der Waals surface area contributed by atoms with Crippen molar-refractivity contribution in [2.45, 2.75) is 18.8 Å². The van der Waals surface area contributed by atoms with Crippen molar-refractivity contribution < 1.29 is 14.3 Å². The van der Waals surface area contributed by atoms with E-state index in [4.69, 9.17) is 21.1 Å². The van der Waals surface area contributed by atoms with Crippen molar-refractivity contribution in [2.75, 3.05) is 6.79 Å². The van der Waals surface area contributed by atoms with Gasteiger partial charge in [-0.3, -0.25) is 4.79 Å². The van der Waals surface area contributed by atoms with E-state index in [-0.39, 0.29) is 18.5 Å². The van der Waals surface area contributed by atoms with Gasteiger partial charge in [-0.1, -0.05) is 29.8 Å². The summed E-state index contributed by atoms with van der Waals surface area (Å²) in [6.07, 6.45) is 3.12. The van der Waals surface area contributed by atoms with Crippen molar-refractivity contribution in [1.82, 2.24) is 0 Å². The molecular formula is C19H15ClO3. The highest BCUT2D eigenvalue weighted by Crippen LogP contribution is 2.40. The number of rotatable bonds is 2. The Balaban J connectivity index is 1.64. The van der Waals surface area contributed by atoms with Crippen LogP contribution in [0, 0.1) is 0 Å².